The van der Waals surface area contributed by atoms with Crippen LogP contribution in [-0.4, -0.2) is 28.6 Å². The zero-order valence-corrected chi connectivity index (χ0v) is 15.7. The Labute approximate surface area is 154 Å². The van der Waals surface area contributed by atoms with E-state index in [2.05, 4.69) is 6.92 Å². The largest absolute Gasteiger partial charge is 0.454 e. The maximum atomic E-state index is 13.0. The van der Waals surface area contributed by atoms with Crippen LogP contribution >= 0.6 is 0 Å². The fourth-order valence-electron chi connectivity index (χ4n) is 5.93. The van der Waals surface area contributed by atoms with Gasteiger partial charge in [-0.3, -0.25) is 9.59 Å². The number of rotatable bonds is 5. The monoisotopic (exact) mass is 356 g/mol. The Morgan fingerprint density at radius 2 is 1.77 bits per heavy atom. The molecular formula is C22H28O4. The highest BCUT2D eigenvalue weighted by atomic mass is 16.5. The lowest BCUT2D eigenvalue weighted by molar-refractivity contribution is -0.197. The average Bonchev–Trinajstić information content (AvgIpc) is 2.59. The van der Waals surface area contributed by atoms with Crippen LogP contribution in [0.25, 0.3) is 0 Å². The number of aryl methyl sites for hydroxylation is 1. The number of hydrogen-bond donors (Lipinski definition) is 1. The van der Waals surface area contributed by atoms with Gasteiger partial charge in [0.2, 0.25) is 5.78 Å². The molecule has 4 aliphatic carbocycles. The van der Waals surface area contributed by atoms with Crippen LogP contribution in [-0.2, 0) is 16.0 Å². The van der Waals surface area contributed by atoms with Crippen LogP contribution in [0.2, 0.25) is 0 Å². The standard InChI is InChI=1S/C22H28O4/c1-3-15-4-6-18(7-5-15)19(23)14(2)26-20(24)21-9-16-8-17(10-21)12-22(25,11-16)13-21/h4-7,14,16-17,25H,3,8-13H2,1-2H3/t14-,16+,17+,21?,22?/m0/s1. The maximum absolute atomic E-state index is 13.0. The summed E-state index contributed by atoms with van der Waals surface area (Å²) < 4.78 is 5.65. The number of hydrogen-bond acceptors (Lipinski definition) is 4. The summed E-state index contributed by atoms with van der Waals surface area (Å²) >= 11 is 0. The van der Waals surface area contributed by atoms with Crippen LogP contribution < -0.4 is 0 Å². The molecule has 0 aliphatic heterocycles. The number of esters is 1. The van der Waals surface area contributed by atoms with Crippen LogP contribution in [0.15, 0.2) is 24.3 Å². The summed E-state index contributed by atoms with van der Waals surface area (Å²) in [5.74, 6) is 0.392. The second-order valence-corrected chi connectivity index (χ2v) is 8.93. The van der Waals surface area contributed by atoms with E-state index in [9.17, 15) is 14.7 Å². The molecule has 1 N–H and O–H groups in total. The SMILES string of the molecule is CCc1ccc(C(=O)[C@H](C)OC(=O)C23C[C@H]4C[C@@H](CC(O)(C4)C2)C3)cc1. The van der Waals surface area contributed by atoms with Crippen molar-refractivity contribution in [3.05, 3.63) is 35.4 Å². The van der Waals surface area contributed by atoms with Crippen molar-refractivity contribution in [2.24, 2.45) is 17.3 Å². The first-order valence-corrected chi connectivity index (χ1v) is 9.89. The minimum Gasteiger partial charge on any atom is -0.454 e. The second-order valence-electron chi connectivity index (χ2n) is 8.93. The van der Waals surface area contributed by atoms with Gasteiger partial charge in [-0.1, -0.05) is 31.2 Å². The molecule has 3 atom stereocenters. The van der Waals surface area contributed by atoms with Gasteiger partial charge in [-0.25, -0.2) is 0 Å². The van der Waals surface area contributed by atoms with Crippen molar-refractivity contribution in [2.75, 3.05) is 0 Å². The van der Waals surface area contributed by atoms with E-state index in [0.29, 0.717) is 23.8 Å². The predicted octanol–water partition coefficient (Wildman–Crippen LogP) is 3.69. The van der Waals surface area contributed by atoms with E-state index in [1.54, 1.807) is 19.1 Å². The lowest BCUT2D eigenvalue weighted by Gasteiger charge is -2.58. The minimum atomic E-state index is -0.794. The number of ketones is 1. The normalized spacial score (nSPS) is 36.0. The van der Waals surface area contributed by atoms with Gasteiger partial charge in [-0.05, 0) is 69.3 Å². The van der Waals surface area contributed by atoms with E-state index >= 15 is 0 Å². The Kier molecular flexibility index (Phi) is 4.22. The summed E-state index contributed by atoms with van der Waals surface area (Å²) in [6.45, 7) is 3.73. The molecular weight excluding hydrogens is 328 g/mol. The third kappa shape index (κ3) is 2.98. The first-order chi connectivity index (χ1) is 12.3. The van der Waals surface area contributed by atoms with E-state index in [-0.39, 0.29) is 11.8 Å². The zero-order chi connectivity index (χ0) is 18.5. The third-order valence-corrected chi connectivity index (χ3v) is 6.76. The molecule has 0 aromatic heterocycles. The van der Waals surface area contributed by atoms with Crippen molar-refractivity contribution >= 4 is 11.8 Å². The van der Waals surface area contributed by atoms with Gasteiger partial charge in [0.25, 0.3) is 0 Å². The van der Waals surface area contributed by atoms with Crippen LogP contribution in [0.5, 0.6) is 0 Å². The summed E-state index contributed by atoms with van der Waals surface area (Å²) in [4.78, 5) is 25.6. The molecule has 4 bridgehead atoms. The summed E-state index contributed by atoms with van der Waals surface area (Å²) in [7, 11) is 0. The Balaban J connectivity index is 1.46. The van der Waals surface area contributed by atoms with Crippen molar-refractivity contribution in [3.63, 3.8) is 0 Å². The zero-order valence-electron chi connectivity index (χ0n) is 15.7. The summed E-state index contributed by atoms with van der Waals surface area (Å²) in [6, 6.07) is 7.49. The summed E-state index contributed by atoms with van der Waals surface area (Å²) in [5.41, 5.74) is 0.464. The molecule has 1 aromatic carbocycles. The quantitative estimate of drug-likeness (QED) is 0.645. The molecule has 4 saturated carbocycles. The van der Waals surface area contributed by atoms with Crippen molar-refractivity contribution in [1.29, 1.82) is 0 Å². The van der Waals surface area contributed by atoms with E-state index in [0.717, 1.165) is 38.5 Å². The van der Waals surface area contributed by atoms with Crippen molar-refractivity contribution in [1.82, 2.24) is 0 Å². The number of carbonyl (C=O) groups excluding carboxylic acids is 2. The van der Waals surface area contributed by atoms with Gasteiger partial charge in [-0.15, -0.1) is 0 Å². The summed E-state index contributed by atoms with van der Waals surface area (Å²) in [5, 5.41) is 10.8. The minimum absolute atomic E-state index is 0.163. The smallest absolute Gasteiger partial charge is 0.312 e. The van der Waals surface area contributed by atoms with Gasteiger partial charge in [-0.2, -0.15) is 0 Å². The fourth-order valence-corrected chi connectivity index (χ4v) is 5.93. The topological polar surface area (TPSA) is 63.6 Å². The van der Waals surface area contributed by atoms with Gasteiger partial charge in [0, 0.05) is 5.56 Å². The van der Waals surface area contributed by atoms with E-state index in [4.69, 9.17) is 4.74 Å². The van der Waals surface area contributed by atoms with Crippen LogP contribution in [0, 0.1) is 17.3 Å². The van der Waals surface area contributed by atoms with Crippen LogP contribution in [0.3, 0.4) is 0 Å². The summed E-state index contributed by atoms with van der Waals surface area (Å²) in [6.07, 6.45) is 4.99. The third-order valence-electron chi connectivity index (χ3n) is 6.76. The van der Waals surface area contributed by atoms with Crippen molar-refractivity contribution in [3.8, 4) is 0 Å². The number of Topliss-reactive ketones (excluding diaryl/α,β-unsaturated/α-hetero) is 1. The molecule has 4 fully saturated rings. The average molecular weight is 356 g/mol. The van der Waals surface area contributed by atoms with Gasteiger partial charge in [0.15, 0.2) is 6.10 Å². The number of carbonyl (C=O) groups is 2. The van der Waals surface area contributed by atoms with E-state index < -0.39 is 17.1 Å². The van der Waals surface area contributed by atoms with Crippen molar-refractivity contribution < 1.29 is 19.4 Å². The van der Waals surface area contributed by atoms with Gasteiger partial charge >= 0.3 is 5.97 Å². The first-order valence-electron chi connectivity index (χ1n) is 9.89. The molecule has 4 heteroatoms. The molecule has 5 rings (SSSR count). The molecule has 0 heterocycles. The highest BCUT2D eigenvalue weighted by Crippen LogP contribution is 2.62. The highest BCUT2D eigenvalue weighted by molar-refractivity contribution is 6.00. The van der Waals surface area contributed by atoms with Gasteiger partial charge < -0.3 is 9.84 Å². The molecule has 140 valence electrons. The highest BCUT2D eigenvalue weighted by Gasteiger charge is 2.61. The lowest BCUT2D eigenvalue weighted by Crippen LogP contribution is -2.58. The maximum Gasteiger partial charge on any atom is 0.312 e. The molecule has 0 unspecified atom stereocenters. The Bertz CT molecular complexity index is 706. The first kappa shape index (κ1) is 17.7. The van der Waals surface area contributed by atoms with Gasteiger partial charge in [0.1, 0.15) is 0 Å². The predicted molar refractivity (Wildman–Crippen MR) is 97.8 cm³/mol. The Morgan fingerprint density at radius 1 is 1.15 bits per heavy atom. The van der Waals surface area contributed by atoms with Gasteiger partial charge in [0.05, 0.1) is 11.0 Å². The van der Waals surface area contributed by atoms with Crippen molar-refractivity contribution in [2.45, 2.75) is 70.5 Å². The molecule has 4 nitrogen and oxygen atoms in total. The van der Waals surface area contributed by atoms with E-state index in [1.165, 1.54) is 5.56 Å². The van der Waals surface area contributed by atoms with Crippen LogP contribution in [0.1, 0.15) is 68.3 Å². The molecule has 0 radical (unpaired) electrons. The lowest BCUT2D eigenvalue weighted by atomic mass is 9.48. The molecule has 0 saturated heterocycles. The fraction of sp³-hybridized carbons (Fsp3) is 0.636. The number of benzene rings is 1. The molecule has 0 amide bonds. The number of ether oxygens (including phenoxy) is 1. The Hall–Kier alpha value is -1.68. The molecule has 26 heavy (non-hydrogen) atoms. The Morgan fingerprint density at radius 3 is 2.31 bits per heavy atom. The molecule has 1 aromatic rings. The van der Waals surface area contributed by atoms with Crippen LogP contribution in [0.4, 0.5) is 0 Å². The number of aliphatic hydroxyl groups is 1. The second kappa shape index (κ2) is 6.19. The molecule has 4 aliphatic rings. The molecule has 0 spiro atoms. The van der Waals surface area contributed by atoms with E-state index in [1.807, 2.05) is 12.1 Å².